The first kappa shape index (κ1) is 11.4. The number of hydrogen-bond acceptors (Lipinski definition) is 3. The zero-order valence-electron chi connectivity index (χ0n) is 9.09. The van der Waals surface area contributed by atoms with Crippen molar-refractivity contribution in [1.29, 1.82) is 0 Å². The number of ether oxygens (including phenoxy) is 1. The van der Waals surface area contributed by atoms with Crippen molar-refractivity contribution < 1.29 is 4.74 Å². The predicted molar refractivity (Wildman–Crippen MR) is 63.3 cm³/mol. The quantitative estimate of drug-likeness (QED) is 0.592. The van der Waals surface area contributed by atoms with E-state index in [0.717, 1.165) is 11.3 Å². The van der Waals surface area contributed by atoms with Crippen molar-refractivity contribution in [2.45, 2.75) is 19.2 Å². The minimum atomic E-state index is 0.0830. The maximum Gasteiger partial charge on any atom is 0.122 e. The lowest BCUT2D eigenvalue weighted by Crippen LogP contribution is -2.11. The molecule has 1 N–H and O–H groups in total. The van der Waals surface area contributed by atoms with Gasteiger partial charge in [-0.15, -0.1) is 0 Å². The van der Waals surface area contributed by atoms with Crippen molar-refractivity contribution in [1.82, 2.24) is 5.32 Å². The smallest absolute Gasteiger partial charge is 0.122 e. The number of benzene rings is 1. The molecule has 3 heteroatoms. The SMILES string of the molecule is CNC(S)c1cc(C)c(OC)cc1C. The van der Waals surface area contributed by atoms with Crippen LogP contribution >= 0.6 is 12.6 Å². The van der Waals surface area contributed by atoms with E-state index in [9.17, 15) is 0 Å². The number of aryl methyl sites for hydroxylation is 2. The summed E-state index contributed by atoms with van der Waals surface area (Å²) in [6.45, 7) is 4.11. The number of hydrogen-bond donors (Lipinski definition) is 2. The van der Waals surface area contributed by atoms with Crippen molar-refractivity contribution >= 4 is 12.6 Å². The van der Waals surface area contributed by atoms with Crippen molar-refractivity contribution in [3.63, 3.8) is 0 Å². The van der Waals surface area contributed by atoms with Crippen LogP contribution < -0.4 is 10.1 Å². The van der Waals surface area contributed by atoms with Gasteiger partial charge in [0.1, 0.15) is 5.75 Å². The molecule has 78 valence electrons. The Morgan fingerprint density at radius 1 is 1.29 bits per heavy atom. The summed E-state index contributed by atoms with van der Waals surface area (Å²) in [5, 5.41) is 3.19. The molecule has 0 aliphatic carbocycles. The van der Waals surface area contributed by atoms with E-state index in [4.69, 9.17) is 4.74 Å². The normalized spacial score (nSPS) is 12.6. The Hall–Kier alpha value is -0.670. The van der Waals surface area contributed by atoms with Crippen molar-refractivity contribution in [2.75, 3.05) is 14.2 Å². The summed E-state index contributed by atoms with van der Waals surface area (Å²) < 4.78 is 5.25. The fraction of sp³-hybridized carbons (Fsp3) is 0.455. The lowest BCUT2D eigenvalue weighted by molar-refractivity contribution is 0.411. The molecule has 14 heavy (non-hydrogen) atoms. The first-order valence-corrected chi connectivity index (χ1v) is 5.12. The highest BCUT2D eigenvalue weighted by molar-refractivity contribution is 7.80. The lowest BCUT2D eigenvalue weighted by atomic mass is 10.0. The lowest BCUT2D eigenvalue weighted by Gasteiger charge is -2.15. The highest BCUT2D eigenvalue weighted by atomic mass is 32.1. The molecule has 0 aliphatic rings. The van der Waals surface area contributed by atoms with Crippen LogP contribution in [0.25, 0.3) is 0 Å². The highest BCUT2D eigenvalue weighted by Gasteiger charge is 2.09. The third-order valence-corrected chi connectivity index (χ3v) is 2.89. The van der Waals surface area contributed by atoms with E-state index in [2.05, 4.69) is 30.9 Å². The Kier molecular flexibility index (Phi) is 3.84. The van der Waals surface area contributed by atoms with Gasteiger partial charge in [-0.3, -0.25) is 0 Å². The van der Waals surface area contributed by atoms with Crippen LogP contribution in [0.3, 0.4) is 0 Å². The monoisotopic (exact) mass is 211 g/mol. The van der Waals surface area contributed by atoms with Gasteiger partial charge in [-0.2, -0.15) is 12.6 Å². The molecule has 0 amide bonds. The molecular formula is C11H17NOS. The Morgan fingerprint density at radius 3 is 2.43 bits per heavy atom. The van der Waals surface area contributed by atoms with Gasteiger partial charge in [0.15, 0.2) is 0 Å². The molecule has 0 saturated carbocycles. The first-order chi connectivity index (χ1) is 6.60. The summed E-state index contributed by atoms with van der Waals surface area (Å²) in [7, 11) is 3.59. The topological polar surface area (TPSA) is 21.3 Å². The minimum Gasteiger partial charge on any atom is -0.496 e. The average Bonchev–Trinajstić information content (AvgIpc) is 2.19. The molecule has 0 heterocycles. The summed E-state index contributed by atoms with van der Waals surface area (Å²) >= 11 is 4.45. The van der Waals surface area contributed by atoms with Gasteiger partial charge in [0.05, 0.1) is 12.5 Å². The second-order valence-corrected chi connectivity index (χ2v) is 3.89. The number of methoxy groups -OCH3 is 1. The van der Waals surface area contributed by atoms with Crippen molar-refractivity contribution in [3.8, 4) is 5.75 Å². The van der Waals surface area contributed by atoms with E-state index in [1.54, 1.807) is 7.11 Å². The zero-order chi connectivity index (χ0) is 10.7. The van der Waals surface area contributed by atoms with Crippen LogP contribution in [-0.4, -0.2) is 14.2 Å². The summed E-state index contributed by atoms with van der Waals surface area (Å²) in [6.07, 6.45) is 0. The van der Waals surface area contributed by atoms with Crippen LogP contribution in [-0.2, 0) is 0 Å². The molecule has 1 rings (SSSR count). The largest absolute Gasteiger partial charge is 0.496 e. The Balaban J connectivity index is 3.14. The van der Waals surface area contributed by atoms with Crippen LogP contribution in [0.4, 0.5) is 0 Å². The van der Waals surface area contributed by atoms with Crippen molar-refractivity contribution in [2.24, 2.45) is 0 Å². The van der Waals surface area contributed by atoms with E-state index in [-0.39, 0.29) is 5.37 Å². The van der Waals surface area contributed by atoms with Gasteiger partial charge in [0, 0.05) is 0 Å². The van der Waals surface area contributed by atoms with Gasteiger partial charge in [0.25, 0.3) is 0 Å². The third kappa shape index (κ3) is 2.22. The van der Waals surface area contributed by atoms with Gasteiger partial charge >= 0.3 is 0 Å². The van der Waals surface area contributed by atoms with Crippen LogP contribution in [0.2, 0.25) is 0 Å². The number of rotatable bonds is 3. The fourth-order valence-corrected chi connectivity index (χ4v) is 1.76. The molecule has 1 unspecified atom stereocenters. The summed E-state index contributed by atoms with van der Waals surface area (Å²) in [4.78, 5) is 0. The van der Waals surface area contributed by atoms with E-state index in [1.165, 1.54) is 11.1 Å². The molecular weight excluding hydrogens is 194 g/mol. The molecule has 0 saturated heterocycles. The second-order valence-electron chi connectivity index (χ2n) is 3.37. The van der Waals surface area contributed by atoms with Crippen LogP contribution in [0.15, 0.2) is 12.1 Å². The number of thiol groups is 1. The van der Waals surface area contributed by atoms with Crippen LogP contribution in [0, 0.1) is 13.8 Å². The van der Waals surface area contributed by atoms with E-state index in [0.29, 0.717) is 0 Å². The van der Waals surface area contributed by atoms with Gasteiger partial charge in [-0.1, -0.05) is 0 Å². The van der Waals surface area contributed by atoms with E-state index >= 15 is 0 Å². The van der Waals surface area contributed by atoms with Gasteiger partial charge < -0.3 is 10.1 Å². The minimum absolute atomic E-state index is 0.0830. The average molecular weight is 211 g/mol. The molecule has 0 spiro atoms. The first-order valence-electron chi connectivity index (χ1n) is 4.60. The van der Waals surface area contributed by atoms with Gasteiger partial charge in [0.2, 0.25) is 0 Å². The molecule has 0 fully saturated rings. The Labute approximate surface area is 91.1 Å². The summed E-state index contributed by atoms with van der Waals surface area (Å²) in [6, 6.07) is 4.16. The standard InChI is InChI=1S/C11H17NOS/c1-7-6-10(13-4)8(2)5-9(7)11(14)12-3/h5-6,11-12,14H,1-4H3. The molecule has 1 aromatic rings. The fourth-order valence-electron chi connectivity index (χ4n) is 1.48. The maximum atomic E-state index is 5.25. The predicted octanol–water partition coefficient (Wildman–Crippen LogP) is 2.46. The Bertz CT molecular complexity index is 325. The Morgan fingerprint density at radius 2 is 1.93 bits per heavy atom. The number of nitrogens with one attached hydrogen (secondary N) is 1. The molecule has 1 aromatic carbocycles. The molecule has 1 atom stereocenters. The maximum absolute atomic E-state index is 5.25. The molecule has 0 bridgehead atoms. The van der Waals surface area contributed by atoms with Gasteiger partial charge in [-0.05, 0) is 49.7 Å². The molecule has 0 radical (unpaired) electrons. The highest BCUT2D eigenvalue weighted by Crippen LogP contribution is 2.27. The van der Waals surface area contributed by atoms with Crippen LogP contribution in [0.1, 0.15) is 22.1 Å². The van der Waals surface area contributed by atoms with E-state index in [1.807, 2.05) is 20.0 Å². The molecule has 0 aromatic heterocycles. The molecule has 0 aliphatic heterocycles. The van der Waals surface area contributed by atoms with E-state index < -0.39 is 0 Å². The van der Waals surface area contributed by atoms with Crippen LogP contribution in [0.5, 0.6) is 5.75 Å². The third-order valence-electron chi connectivity index (χ3n) is 2.35. The summed E-state index contributed by atoms with van der Waals surface area (Å²) in [5.74, 6) is 0.933. The van der Waals surface area contributed by atoms with Crippen molar-refractivity contribution in [3.05, 3.63) is 28.8 Å². The summed E-state index contributed by atoms with van der Waals surface area (Å²) in [5.41, 5.74) is 3.54. The van der Waals surface area contributed by atoms with Gasteiger partial charge in [-0.25, -0.2) is 0 Å². The molecule has 2 nitrogen and oxygen atoms in total. The second kappa shape index (κ2) is 4.71. The zero-order valence-corrected chi connectivity index (χ0v) is 9.98.